The van der Waals surface area contributed by atoms with Crippen LogP contribution in [0.4, 0.5) is 0 Å². The number of rotatable bonds is 3. The molecule has 0 amide bonds. The molecule has 1 nitrogen and oxygen atoms in total. The molecule has 0 N–H and O–H groups in total. The minimum absolute atomic E-state index is 0.0117. The zero-order chi connectivity index (χ0) is 27.7. The lowest BCUT2D eigenvalue weighted by molar-refractivity contribution is 0.660. The van der Waals surface area contributed by atoms with Gasteiger partial charge in [-0.15, -0.1) is 0 Å². The van der Waals surface area contributed by atoms with E-state index < -0.39 is 0 Å². The molecule has 0 radical (unpaired) electrons. The maximum Gasteiger partial charge on any atom is 0.0543 e. The largest absolute Gasteiger partial charge is 0.310 e. The van der Waals surface area contributed by atoms with Gasteiger partial charge in [0.1, 0.15) is 0 Å². The van der Waals surface area contributed by atoms with Crippen molar-refractivity contribution < 1.29 is 0 Å². The van der Waals surface area contributed by atoms with Gasteiger partial charge in [0, 0.05) is 22.2 Å². The Kier molecular flexibility index (Phi) is 5.28. The highest BCUT2D eigenvalue weighted by molar-refractivity contribution is 5.94. The van der Waals surface area contributed by atoms with Crippen molar-refractivity contribution in [2.45, 2.75) is 39.0 Å². The third-order valence-electron chi connectivity index (χ3n) is 9.43. The highest BCUT2D eigenvalue weighted by atomic mass is 15.0. The summed E-state index contributed by atoms with van der Waals surface area (Å²) in [5.74, 6) is 0. The van der Waals surface area contributed by atoms with Crippen LogP contribution in [-0.4, -0.2) is 4.57 Å². The smallest absolute Gasteiger partial charge is 0.0543 e. The molecule has 0 aliphatic heterocycles. The lowest BCUT2D eigenvalue weighted by atomic mass is 9.82. The van der Waals surface area contributed by atoms with E-state index in [9.17, 15) is 0 Å². The summed E-state index contributed by atoms with van der Waals surface area (Å²) in [7, 11) is 0. The Bertz CT molecular complexity index is 2030. The van der Waals surface area contributed by atoms with E-state index in [4.69, 9.17) is 0 Å². The molecule has 198 valence electrons. The van der Waals surface area contributed by atoms with Crippen LogP contribution >= 0.6 is 0 Å². The Labute approximate surface area is 242 Å². The standard InChI is InChI=1S/C40H33N/c1-26-11-4-5-14-31(26)29-13-10-12-27(23-29)28-19-21-34-33-16-7-9-18-38(33)41(39(34)24-28)30-20-22-37-35(25-30)32-15-6-8-17-36(32)40(37,2)3/h4-6,8-15,17-25H,7,16H2,1-3H3. The Morgan fingerprint density at radius 2 is 1.39 bits per heavy atom. The monoisotopic (exact) mass is 527 g/mol. The summed E-state index contributed by atoms with van der Waals surface area (Å²) >= 11 is 0. The minimum Gasteiger partial charge on any atom is -0.310 e. The summed E-state index contributed by atoms with van der Waals surface area (Å²) in [6, 6.07) is 40.8. The molecule has 6 aromatic rings. The van der Waals surface area contributed by atoms with Crippen LogP contribution in [0.1, 0.15) is 48.2 Å². The molecule has 1 heteroatoms. The van der Waals surface area contributed by atoms with E-state index in [1.165, 1.54) is 77.9 Å². The van der Waals surface area contributed by atoms with Crippen molar-refractivity contribution in [1.82, 2.24) is 4.57 Å². The van der Waals surface area contributed by atoms with Crippen LogP contribution in [-0.2, 0) is 11.8 Å². The van der Waals surface area contributed by atoms with Crippen molar-refractivity contribution in [1.29, 1.82) is 0 Å². The average Bonchev–Trinajstić information content (AvgIpc) is 3.46. The first-order valence-corrected chi connectivity index (χ1v) is 14.8. The predicted molar refractivity (Wildman–Crippen MR) is 174 cm³/mol. The quantitative estimate of drug-likeness (QED) is 0.216. The van der Waals surface area contributed by atoms with Crippen LogP contribution < -0.4 is 0 Å². The third kappa shape index (κ3) is 3.62. The van der Waals surface area contributed by atoms with E-state index in [0.717, 1.165) is 12.8 Å². The van der Waals surface area contributed by atoms with Crippen LogP contribution in [0.2, 0.25) is 0 Å². The number of allylic oxidation sites excluding steroid dienone is 1. The summed E-state index contributed by atoms with van der Waals surface area (Å²) in [6.45, 7) is 6.89. The predicted octanol–water partition coefficient (Wildman–Crippen LogP) is 10.5. The van der Waals surface area contributed by atoms with Gasteiger partial charge in [0.15, 0.2) is 0 Å². The second-order valence-corrected chi connectivity index (χ2v) is 12.2. The molecule has 8 rings (SSSR count). The number of fused-ring (bicyclic) bond motifs is 6. The third-order valence-corrected chi connectivity index (χ3v) is 9.43. The zero-order valence-corrected chi connectivity index (χ0v) is 23.9. The number of benzene rings is 5. The van der Waals surface area contributed by atoms with E-state index in [0.29, 0.717) is 0 Å². The van der Waals surface area contributed by atoms with Crippen molar-refractivity contribution in [3.8, 4) is 39.1 Å². The van der Waals surface area contributed by atoms with E-state index in [2.05, 4.69) is 147 Å². The number of hydrogen-bond acceptors (Lipinski definition) is 0. The van der Waals surface area contributed by atoms with Gasteiger partial charge in [0.05, 0.1) is 5.52 Å². The molecule has 5 aromatic carbocycles. The molecule has 1 heterocycles. The summed E-state index contributed by atoms with van der Waals surface area (Å²) in [5, 5.41) is 1.37. The van der Waals surface area contributed by atoms with Gasteiger partial charge in [-0.25, -0.2) is 0 Å². The maximum atomic E-state index is 2.50. The van der Waals surface area contributed by atoms with Gasteiger partial charge in [-0.3, -0.25) is 0 Å². The van der Waals surface area contributed by atoms with Gasteiger partial charge < -0.3 is 4.57 Å². The van der Waals surface area contributed by atoms with Crippen molar-refractivity contribution in [3.05, 3.63) is 143 Å². The maximum absolute atomic E-state index is 2.50. The van der Waals surface area contributed by atoms with Crippen molar-refractivity contribution in [2.24, 2.45) is 0 Å². The fourth-order valence-corrected chi connectivity index (χ4v) is 7.30. The van der Waals surface area contributed by atoms with Crippen molar-refractivity contribution >= 4 is 17.0 Å². The molecule has 0 saturated carbocycles. The number of aryl methyl sites for hydroxylation is 2. The zero-order valence-electron chi connectivity index (χ0n) is 23.9. The first-order valence-electron chi connectivity index (χ1n) is 14.8. The summed E-state index contributed by atoms with van der Waals surface area (Å²) in [4.78, 5) is 0. The van der Waals surface area contributed by atoms with Crippen LogP contribution in [0, 0.1) is 6.92 Å². The Hall–Kier alpha value is -4.62. The molecule has 1 aromatic heterocycles. The SMILES string of the molecule is Cc1ccccc1-c1cccc(-c2ccc3c4c(n(-c5ccc6c(c5)-c5ccccc5C6(C)C)c3c2)C=CCC4)c1. The average molecular weight is 528 g/mol. The van der Waals surface area contributed by atoms with E-state index in [1.54, 1.807) is 0 Å². The molecule has 0 fully saturated rings. The molecule has 0 unspecified atom stereocenters. The number of nitrogens with zero attached hydrogens (tertiary/aromatic N) is 1. The number of hydrogen-bond donors (Lipinski definition) is 0. The molecular weight excluding hydrogens is 494 g/mol. The Morgan fingerprint density at radius 3 is 2.27 bits per heavy atom. The molecular formula is C40H33N. The fourth-order valence-electron chi connectivity index (χ4n) is 7.30. The summed E-state index contributed by atoms with van der Waals surface area (Å²) < 4.78 is 2.50. The molecule has 2 aliphatic rings. The Morgan fingerprint density at radius 1 is 0.634 bits per heavy atom. The lowest BCUT2D eigenvalue weighted by Gasteiger charge is -2.21. The van der Waals surface area contributed by atoms with Gasteiger partial charge in [0.2, 0.25) is 0 Å². The second kappa shape index (κ2) is 8.94. The van der Waals surface area contributed by atoms with Crippen LogP contribution in [0.3, 0.4) is 0 Å². The molecule has 0 bridgehead atoms. The van der Waals surface area contributed by atoms with E-state index in [1.807, 2.05) is 0 Å². The molecule has 2 aliphatic carbocycles. The van der Waals surface area contributed by atoms with Crippen molar-refractivity contribution in [3.63, 3.8) is 0 Å². The van der Waals surface area contributed by atoms with E-state index >= 15 is 0 Å². The molecule has 0 saturated heterocycles. The second-order valence-electron chi connectivity index (χ2n) is 12.2. The van der Waals surface area contributed by atoms with Gasteiger partial charge in [-0.2, -0.15) is 0 Å². The van der Waals surface area contributed by atoms with Crippen LogP contribution in [0.5, 0.6) is 0 Å². The Balaban J connectivity index is 1.32. The van der Waals surface area contributed by atoms with E-state index in [-0.39, 0.29) is 5.41 Å². The highest BCUT2D eigenvalue weighted by Gasteiger charge is 2.35. The molecule has 0 atom stereocenters. The summed E-state index contributed by atoms with van der Waals surface area (Å²) in [6.07, 6.45) is 6.84. The highest BCUT2D eigenvalue weighted by Crippen LogP contribution is 2.49. The normalized spacial score (nSPS) is 14.6. The lowest BCUT2D eigenvalue weighted by Crippen LogP contribution is -2.14. The molecule has 0 spiro atoms. The molecule has 41 heavy (non-hydrogen) atoms. The summed E-state index contributed by atoms with van der Waals surface area (Å²) in [5.41, 5.74) is 17.2. The first kappa shape index (κ1) is 24.2. The van der Waals surface area contributed by atoms with Gasteiger partial charge >= 0.3 is 0 Å². The fraction of sp³-hybridized carbons (Fsp3) is 0.150. The van der Waals surface area contributed by atoms with Crippen molar-refractivity contribution in [2.75, 3.05) is 0 Å². The minimum atomic E-state index is 0.0117. The topological polar surface area (TPSA) is 4.93 Å². The van der Waals surface area contributed by atoms with Crippen LogP contribution in [0.25, 0.3) is 56.0 Å². The van der Waals surface area contributed by atoms with Crippen LogP contribution in [0.15, 0.2) is 115 Å². The van der Waals surface area contributed by atoms with Gasteiger partial charge in [-0.1, -0.05) is 105 Å². The first-order chi connectivity index (χ1) is 20.0. The van der Waals surface area contributed by atoms with Gasteiger partial charge in [-0.05, 0) is 106 Å². The number of aromatic nitrogens is 1. The van der Waals surface area contributed by atoms with Gasteiger partial charge in [0.25, 0.3) is 0 Å².